The van der Waals surface area contributed by atoms with Crippen molar-refractivity contribution in [1.82, 2.24) is 9.80 Å². The maximum absolute atomic E-state index is 13.0. The maximum atomic E-state index is 13.0. The van der Waals surface area contributed by atoms with Crippen LogP contribution in [0.3, 0.4) is 0 Å². The maximum Gasteiger partial charge on any atom is 0.246 e. The van der Waals surface area contributed by atoms with Gasteiger partial charge in [0.15, 0.2) is 0 Å². The van der Waals surface area contributed by atoms with Gasteiger partial charge in [-0.05, 0) is 35.9 Å². The van der Waals surface area contributed by atoms with Crippen molar-refractivity contribution in [2.45, 2.75) is 6.42 Å². The second-order valence-corrected chi connectivity index (χ2v) is 7.29. The molecule has 1 aliphatic heterocycles. The summed E-state index contributed by atoms with van der Waals surface area (Å²) in [7, 11) is 0. The van der Waals surface area contributed by atoms with Crippen LogP contribution in [0.2, 0.25) is 10.0 Å². The number of carbonyl (C=O) groups is 2. The Morgan fingerprint density at radius 3 is 2.11 bits per heavy atom. The molecule has 2 amide bonds. The molecule has 2 aromatic carbocycles. The first kappa shape index (κ1) is 20.4. The summed E-state index contributed by atoms with van der Waals surface area (Å²) in [5.41, 5.74) is 1.37. The molecule has 0 unspecified atom stereocenters. The van der Waals surface area contributed by atoms with E-state index in [1.165, 1.54) is 18.2 Å². The van der Waals surface area contributed by atoms with Crippen LogP contribution >= 0.6 is 23.2 Å². The quantitative estimate of drug-likeness (QED) is 0.699. The smallest absolute Gasteiger partial charge is 0.246 e. The molecular formula is C21H19Cl2FN2O2. The molecule has 0 aromatic heterocycles. The van der Waals surface area contributed by atoms with Gasteiger partial charge in [-0.25, -0.2) is 4.39 Å². The lowest BCUT2D eigenvalue weighted by molar-refractivity contribution is -0.136. The fourth-order valence-corrected chi connectivity index (χ4v) is 3.52. The first-order valence-corrected chi connectivity index (χ1v) is 9.63. The summed E-state index contributed by atoms with van der Waals surface area (Å²) in [6.45, 7) is 1.84. The van der Waals surface area contributed by atoms with E-state index in [0.29, 0.717) is 41.8 Å². The van der Waals surface area contributed by atoms with E-state index in [1.807, 2.05) is 0 Å². The van der Waals surface area contributed by atoms with Crippen molar-refractivity contribution in [1.29, 1.82) is 0 Å². The number of halogens is 3. The van der Waals surface area contributed by atoms with Gasteiger partial charge in [0.2, 0.25) is 11.8 Å². The highest BCUT2D eigenvalue weighted by Gasteiger charge is 2.23. The summed E-state index contributed by atoms with van der Waals surface area (Å²) in [6.07, 6.45) is 3.28. The molecule has 2 aromatic rings. The molecule has 1 heterocycles. The normalized spacial score (nSPS) is 14.5. The molecule has 0 aliphatic carbocycles. The standard InChI is InChI=1S/C21H19Cl2FN2O2/c22-18-2-1-3-19(23)17(18)8-9-20(27)25-10-12-26(13-11-25)21(28)14-15-4-6-16(24)7-5-15/h1-9H,10-14H2/b9-8+. The van der Waals surface area contributed by atoms with Gasteiger partial charge in [0.25, 0.3) is 0 Å². The minimum absolute atomic E-state index is 0.0305. The van der Waals surface area contributed by atoms with E-state index in [1.54, 1.807) is 46.2 Å². The average Bonchev–Trinajstić information content (AvgIpc) is 2.69. The van der Waals surface area contributed by atoms with Crippen LogP contribution in [0.25, 0.3) is 6.08 Å². The third-order valence-corrected chi connectivity index (χ3v) is 5.26. The SMILES string of the molecule is O=C(/C=C/c1c(Cl)cccc1Cl)N1CCN(C(=O)Cc2ccc(F)cc2)CC1. The monoisotopic (exact) mass is 420 g/mol. The zero-order chi connectivity index (χ0) is 20.1. The molecule has 1 aliphatic rings. The Hall–Kier alpha value is -2.37. The zero-order valence-electron chi connectivity index (χ0n) is 15.1. The van der Waals surface area contributed by atoms with E-state index in [2.05, 4.69) is 0 Å². The number of hydrogen-bond acceptors (Lipinski definition) is 2. The molecular weight excluding hydrogens is 402 g/mol. The van der Waals surface area contributed by atoms with E-state index in [0.717, 1.165) is 5.56 Å². The van der Waals surface area contributed by atoms with Crippen molar-refractivity contribution < 1.29 is 14.0 Å². The summed E-state index contributed by atoms with van der Waals surface area (Å²) >= 11 is 12.2. The summed E-state index contributed by atoms with van der Waals surface area (Å²) in [6, 6.07) is 11.1. The summed E-state index contributed by atoms with van der Waals surface area (Å²) < 4.78 is 13.0. The number of carbonyl (C=O) groups excluding carboxylic acids is 2. The summed E-state index contributed by atoms with van der Waals surface area (Å²) in [5, 5.41) is 0.959. The van der Waals surface area contributed by atoms with Gasteiger partial charge in [-0.1, -0.05) is 41.4 Å². The largest absolute Gasteiger partial charge is 0.339 e. The van der Waals surface area contributed by atoms with Crippen LogP contribution in [0.4, 0.5) is 4.39 Å². The van der Waals surface area contributed by atoms with Crippen molar-refractivity contribution in [3.8, 4) is 0 Å². The third-order valence-electron chi connectivity index (χ3n) is 4.60. The summed E-state index contributed by atoms with van der Waals surface area (Å²) in [5.74, 6) is -0.506. The van der Waals surface area contributed by atoms with Crippen molar-refractivity contribution in [3.63, 3.8) is 0 Å². The topological polar surface area (TPSA) is 40.6 Å². The van der Waals surface area contributed by atoms with Crippen LogP contribution in [0, 0.1) is 5.82 Å². The highest BCUT2D eigenvalue weighted by atomic mass is 35.5. The second kappa shape index (κ2) is 9.22. The molecule has 0 spiro atoms. The van der Waals surface area contributed by atoms with Gasteiger partial charge in [0.1, 0.15) is 5.82 Å². The van der Waals surface area contributed by atoms with Gasteiger partial charge in [-0.2, -0.15) is 0 Å². The Morgan fingerprint density at radius 1 is 0.929 bits per heavy atom. The van der Waals surface area contributed by atoms with Crippen molar-refractivity contribution in [2.75, 3.05) is 26.2 Å². The molecule has 0 saturated carbocycles. The van der Waals surface area contributed by atoms with Crippen LogP contribution in [-0.4, -0.2) is 47.8 Å². The van der Waals surface area contributed by atoms with E-state index in [4.69, 9.17) is 23.2 Å². The lowest BCUT2D eigenvalue weighted by Crippen LogP contribution is -2.50. The fraction of sp³-hybridized carbons (Fsp3) is 0.238. The van der Waals surface area contributed by atoms with Crippen LogP contribution in [0.15, 0.2) is 48.5 Å². The number of hydrogen-bond donors (Lipinski definition) is 0. The zero-order valence-corrected chi connectivity index (χ0v) is 16.6. The van der Waals surface area contributed by atoms with Crippen molar-refractivity contribution >= 4 is 41.1 Å². The van der Waals surface area contributed by atoms with E-state index in [-0.39, 0.29) is 24.1 Å². The Kier molecular flexibility index (Phi) is 6.70. The van der Waals surface area contributed by atoms with Gasteiger partial charge >= 0.3 is 0 Å². The highest BCUT2D eigenvalue weighted by molar-refractivity contribution is 6.37. The highest BCUT2D eigenvalue weighted by Crippen LogP contribution is 2.25. The molecule has 0 atom stereocenters. The van der Waals surface area contributed by atoms with Crippen LogP contribution < -0.4 is 0 Å². The van der Waals surface area contributed by atoms with Crippen LogP contribution in [-0.2, 0) is 16.0 Å². The minimum Gasteiger partial charge on any atom is -0.339 e. The number of nitrogens with zero attached hydrogens (tertiary/aromatic N) is 2. The Morgan fingerprint density at radius 2 is 1.50 bits per heavy atom. The van der Waals surface area contributed by atoms with Crippen molar-refractivity contribution in [2.24, 2.45) is 0 Å². The van der Waals surface area contributed by atoms with Crippen molar-refractivity contribution in [3.05, 3.63) is 75.5 Å². The lowest BCUT2D eigenvalue weighted by atomic mass is 10.1. The first-order chi connectivity index (χ1) is 13.4. The molecule has 0 bridgehead atoms. The number of piperazine rings is 1. The van der Waals surface area contributed by atoms with Gasteiger partial charge in [0.05, 0.1) is 6.42 Å². The average molecular weight is 421 g/mol. The Labute approximate surface area is 173 Å². The second-order valence-electron chi connectivity index (χ2n) is 6.48. The Bertz CT molecular complexity index is 872. The van der Waals surface area contributed by atoms with Gasteiger partial charge in [0, 0.05) is 47.9 Å². The first-order valence-electron chi connectivity index (χ1n) is 8.87. The van der Waals surface area contributed by atoms with Gasteiger partial charge < -0.3 is 9.80 Å². The van der Waals surface area contributed by atoms with Crippen LogP contribution in [0.5, 0.6) is 0 Å². The molecule has 0 N–H and O–H groups in total. The van der Waals surface area contributed by atoms with Gasteiger partial charge in [-0.15, -0.1) is 0 Å². The summed E-state index contributed by atoms with van der Waals surface area (Å²) in [4.78, 5) is 28.2. The van der Waals surface area contributed by atoms with Crippen LogP contribution in [0.1, 0.15) is 11.1 Å². The third kappa shape index (κ3) is 5.12. The Balaban J connectivity index is 1.53. The van der Waals surface area contributed by atoms with E-state index < -0.39 is 0 Å². The number of amides is 2. The van der Waals surface area contributed by atoms with E-state index >= 15 is 0 Å². The van der Waals surface area contributed by atoms with Gasteiger partial charge in [-0.3, -0.25) is 9.59 Å². The lowest BCUT2D eigenvalue weighted by Gasteiger charge is -2.34. The molecule has 146 valence electrons. The number of rotatable bonds is 4. The predicted octanol–water partition coefficient (Wildman–Crippen LogP) is 4.06. The molecule has 7 heteroatoms. The number of benzene rings is 2. The predicted molar refractivity (Wildman–Crippen MR) is 109 cm³/mol. The molecule has 28 heavy (non-hydrogen) atoms. The molecule has 0 radical (unpaired) electrons. The van der Waals surface area contributed by atoms with E-state index in [9.17, 15) is 14.0 Å². The molecule has 1 fully saturated rings. The minimum atomic E-state index is -0.325. The fourth-order valence-electron chi connectivity index (χ4n) is 2.99. The molecule has 1 saturated heterocycles. The molecule has 4 nitrogen and oxygen atoms in total. The molecule has 3 rings (SSSR count).